The van der Waals surface area contributed by atoms with E-state index in [1.165, 1.54) is 36.4 Å². The summed E-state index contributed by atoms with van der Waals surface area (Å²) in [7, 11) is 0. The molecule has 7 heteroatoms. The molecule has 0 spiro atoms. The predicted octanol–water partition coefficient (Wildman–Crippen LogP) is 4.46. The summed E-state index contributed by atoms with van der Waals surface area (Å²) >= 11 is 0. The minimum absolute atomic E-state index is 0.0693. The number of carbonyl (C=O) groups excluding carboxylic acids is 1. The number of aryl methyl sites for hydroxylation is 1. The molecule has 0 saturated heterocycles. The summed E-state index contributed by atoms with van der Waals surface area (Å²) in [5, 5.41) is 2.69. The van der Waals surface area contributed by atoms with Crippen LogP contribution in [0.15, 0.2) is 42.5 Å². The van der Waals surface area contributed by atoms with E-state index in [9.17, 15) is 18.0 Å². The topological polar surface area (TPSA) is 47.6 Å². The van der Waals surface area contributed by atoms with Crippen LogP contribution in [0.2, 0.25) is 0 Å². The molecule has 0 aromatic heterocycles. The Hall–Kier alpha value is -2.96. The maximum Gasteiger partial charge on any atom is 0.387 e. The van der Waals surface area contributed by atoms with Crippen molar-refractivity contribution in [1.29, 1.82) is 0 Å². The van der Waals surface area contributed by atoms with Crippen LogP contribution >= 0.6 is 0 Å². The number of amides is 1. The summed E-state index contributed by atoms with van der Waals surface area (Å²) in [4.78, 5) is 11.9. The second-order valence-electron chi connectivity index (χ2n) is 5.65. The van der Waals surface area contributed by atoms with E-state index in [0.29, 0.717) is 11.1 Å². The molecule has 0 radical (unpaired) electrons. The summed E-state index contributed by atoms with van der Waals surface area (Å²) < 4.78 is 47.7. The van der Waals surface area contributed by atoms with Crippen LogP contribution in [0.1, 0.15) is 23.6 Å². The lowest BCUT2D eigenvalue weighted by Gasteiger charge is -2.11. The molecule has 0 heterocycles. The average molecular weight is 379 g/mol. The lowest BCUT2D eigenvalue weighted by atomic mass is 10.1. The molecule has 27 heavy (non-hydrogen) atoms. The van der Waals surface area contributed by atoms with Gasteiger partial charge in [-0.15, -0.1) is 0 Å². The molecule has 0 aliphatic rings. The number of benzene rings is 2. The molecule has 144 valence electrons. The number of alkyl halides is 2. The minimum atomic E-state index is -2.95. The van der Waals surface area contributed by atoms with Crippen LogP contribution in [0.5, 0.6) is 11.5 Å². The summed E-state index contributed by atoms with van der Waals surface area (Å²) in [6.07, 6.45) is 2.84. The Kier molecular flexibility index (Phi) is 7.28. The lowest BCUT2D eigenvalue weighted by Crippen LogP contribution is -2.20. The third kappa shape index (κ3) is 6.36. The van der Waals surface area contributed by atoms with Gasteiger partial charge in [0.15, 0.2) is 11.5 Å². The average Bonchev–Trinajstić information content (AvgIpc) is 2.62. The number of carbonyl (C=O) groups is 1. The molecule has 2 rings (SSSR count). The van der Waals surface area contributed by atoms with Crippen LogP contribution in [-0.4, -0.2) is 19.1 Å². The molecule has 2 aromatic carbocycles. The van der Waals surface area contributed by atoms with Gasteiger partial charge in [0.1, 0.15) is 5.82 Å². The number of ether oxygens (including phenoxy) is 2. The zero-order valence-corrected chi connectivity index (χ0v) is 15.0. The van der Waals surface area contributed by atoms with E-state index >= 15 is 0 Å². The second-order valence-corrected chi connectivity index (χ2v) is 5.65. The second kappa shape index (κ2) is 9.66. The molecule has 2 aromatic rings. The Morgan fingerprint density at radius 3 is 2.63 bits per heavy atom. The highest BCUT2D eigenvalue weighted by atomic mass is 19.3. The fraction of sp³-hybridized carbons (Fsp3) is 0.250. The molecule has 1 N–H and O–H groups in total. The number of hydrogen-bond donors (Lipinski definition) is 1. The number of nitrogens with one attached hydrogen (secondary N) is 1. The first-order valence-electron chi connectivity index (χ1n) is 8.31. The van der Waals surface area contributed by atoms with Crippen molar-refractivity contribution in [3.8, 4) is 11.5 Å². The van der Waals surface area contributed by atoms with Crippen molar-refractivity contribution in [3.05, 3.63) is 65.0 Å². The van der Waals surface area contributed by atoms with Gasteiger partial charge < -0.3 is 14.8 Å². The largest absolute Gasteiger partial charge is 0.490 e. The van der Waals surface area contributed by atoms with Gasteiger partial charge in [0.05, 0.1) is 6.61 Å². The summed E-state index contributed by atoms with van der Waals surface area (Å²) in [5.74, 6) is -0.542. The molecule has 0 aliphatic carbocycles. The fourth-order valence-electron chi connectivity index (χ4n) is 2.33. The Balaban J connectivity index is 2.00. The van der Waals surface area contributed by atoms with Crippen molar-refractivity contribution >= 4 is 12.0 Å². The van der Waals surface area contributed by atoms with Crippen LogP contribution < -0.4 is 14.8 Å². The van der Waals surface area contributed by atoms with Crippen molar-refractivity contribution in [2.24, 2.45) is 0 Å². The molecule has 0 atom stereocenters. The van der Waals surface area contributed by atoms with Crippen LogP contribution in [0.3, 0.4) is 0 Å². The Morgan fingerprint density at radius 2 is 1.96 bits per heavy atom. The van der Waals surface area contributed by atoms with Gasteiger partial charge in [-0.25, -0.2) is 4.39 Å². The molecule has 0 saturated carbocycles. The quantitative estimate of drug-likeness (QED) is 0.689. The minimum Gasteiger partial charge on any atom is -0.490 e. The zero-order chi connectivity index (χ0) is 19.8. The summed E-state index contributed by atoms with van der Waals surface area (Å²) in [5.41, 5.74) is 1.88. The Bertz CT molecular complexity index is 822. The molecule has 1 amide bonds. The molecule has 0 aliphatic heterocycles. The van der Waals surface area contributed by atoms with Crippen LogP contribution in [0.25, 0.3) is 6.08 Å². The summed E-state index contributed by atoms with van der Waals surface area (Å²) in [6, 6.07) is 9.01. The molecule has 0 fully saturated rings. The van der Waals surface area contributed by atoms with E-state index in [1.54, 1.807) is 26.0 Å². The molecular weight excluding hydrogens is 359 g/mol. The van der Waals surface area contributed by atoms with Gasteiger partial charge in [-0.1, -0.05) is 18.2 Å². The molecular formula is C20H20F3NO3. The number of halogens is 3. The summed E-state index contributed by atoms with van der Waals surface area (Å²) in [6.45, 7) is 0.962. The monoisotopic (exact) mass is 379 g/mol. The Morgan fingerprint density at radius 1 is 1.19 bits per heavy atom. The molecule has 0 unspecified atom stereocenters. The fourth-order valence-corrected chi connectivity index (χ4v) is 2.33. The van der Waals surface area contributed by atoms with Crippen molar-refractivity contribution in [3.63, 3.8) is 0 Å². The van der Waals surface area contributed by atoms with Gasteiger partial charge in [0, 0.05) is 12.6 Å². The first-order valence-corrected chi connectivity index (χ1v) is 8.31. The van der Waals surface area contributed by atoms with Crippen molar-refractivity contribution < 1.29 is 27.4 Å². The highest BCUT2D eigenvalue weighted by molar-refractivity contribution is 5.91. The van der Waals surface area contributed by atoms with E-state index in [4.69, 9.17) is 4.74 Å². The van der Waals surface area contributed by atoms with E-state index in [2.05, 4.69) is 10.1 Å². The SMILES string of the molecule is CCOc1cc(/C=C/C(=O)NCc2ccc(F)c(C)c2)ccc1OC(F)F. The smallest absolute Gasteiger partial charge is 0.387 e. The molecule has 4 nitrogen and oxygen atoms in total. The van der Waals surface area contributed by atoms with Gasteiger partial charge >= 0.3 is 6.61 Å². The standard InChI is InChI=1S/C20H20F3NO3/c1-3-26-18-11-14(5-8-17(18)27-20(22)23)6-9-19(25)24-12-15-4-7-16(21)13(2)10-15/h4-11,20H,3,12H2,1-2H3,(H,24,25)/b9-6+. The van der Waals surface area contributed by atoms with Crippen LogP contribution in [0.4, 0.5) is 13.2 Å². The van der Waals surface area contributed by atoms with Crippen LogP contribution in [-0.2, 0) is 11.3 Å². The van der Waals surface area contributed by atoms with Gasteiger partial charge in [0.2, 0.25) is 5.91 Å². The highest BCUT2D eigenvalue weighted by Crippen LogP contribution is 2.30. The van der Waals surface area contributed by atoms with Gasteiger partial charge in [-0.3, -0.25) is 4.79 Å². The van der Waals surface area contributed by atoms with Gasteiger partial charge in [-0.05, 0) is 54.8 Å². The number of hydrogen-bond acceptors (Lipinski definition) is 3. The van der Waals surface area contributed by atoms with Gasteiger partial charge in [0.25, 0.3) is 0 Å². The van der Waals surface area contributed by atoms with Crippen molar-refractivity contribution in [2.75, 3.05) is 6.61 Å². The van der Waals surface area contributed by atoms with Crippen LogP contribution in [0, 0.1) is 12.7 Å². The lowest BCUT2D eigenvalue weighted by molar-refractivity contribution is -0.116. The van der Waals surface area contributed by atoms with Gasteiger partial charge in [-0.2, -0.15) is 8.78 Å². The maximum absolute atomic E-state index is 13.2. The normalized spacial score (nSPS) is 11.0. The zero-order valence-electron chi connectivity index (χ0n) is 15.0. The van der Waals surface area contributed by atoms with Crippen molar-refractivity contribution in [2.45, 2.75) is 27.0 Å². The maximum atomic E-state index is 13.2. The van der Waals surface area contributed by atoms with E-state index < -0.39 is 6.61 Å². The third-order valence-corrected chi connectivity index (χ3v) is 3.60. The number of rotatable bonds is 8. The third-order valence-electron chi connectivity index (χ3n) is 3.60. The van der Waals surface area contributed by atoms with E-state index in [0.717, 1.165) is 5.56 Å². The first kappa shape index (κ1) is 20.4. The Labute approximate surface area is 155 Å². The first-order chi connectivity index (χ1) is 12.9. The molecule has 0 bridgehead atoms. The van der Waals surface area contributed by atoms with E-state index in [-0.39, 0.29) is 36.4 Å². The van der Waals surface area contributed by atoms with Crippen molar-refractivity contribution in [1.82, 2.24) is 5.32 Å². The highest BCUT2D eigenvalue weighted by Gasteiger charge is 2.11. The predicted molar refractivity (Wildman–Crippen MR) is 96.3 cm³/mol. The van der Waals surface area contributed by atoms with E-state index in [1.807, 2.05) is 0 Å².